The SMILES string of the molecule is CC/C=C\C/C=C\C/C=C\C/C=C\C/C=C\CCCCCCCCCCCCCC(=O)OCC(COC(=O)CCCCCCCCC)OC(=O)CCCCCCCC/C=C\C/C=C\C/C=C\CCCCCCC. The van der Waals surface area contributed by atoms with E-state index in [4.69, 9.17) is 14.2 Å². The Morgan fingerprint density at radius 3 is 0.836 bits per heavy atom. The van der Waals surface area contributed by atoms with E-state index in [-0.39, 0.29) is 31.1 Å². The molecule has 1 unspecified atom stereocenters. The van der Waals surface area contributed by atoms with Crippen molar-refractivity contribution in [2.24, 2.45) is 0 Å². The van der Waals surface area contributed by atoms with Gasteiger partial charge >= 0.3 is 17.9 Å². The predicted octanol–water partition coefficient (Wildman–Crippen LogP) is 20.9. The van der Waals surface area contributed by atoms with Crippen LogP contribution in [0.25, 0.3) is 0 Å². The molecule has 1 atom stereocenters. The van der Waals surface area contributed by atoms with Gasteiger partial charge in [-0.15, -0.1) is 0 Å². The molecule has 6 heteroatoms. The van der Waals surface area contributed by atoms with Gasteiger partial charge in [0.25, 0.3) is 0 Å². The minimum absolute atomic E-state index is 0.0825. The quantitative estimate of drug-likeness (QED) is 0.0261. The summed E-state index contributed by atoms with van der Waals surface area (Å²) in [5.41, 5.74) is 0. The Bertz CT molecular complexity index is 1440. The van der Waals surface area contributed by atoms with Gasteiger partial charge in [-0.25, -0.2) is 0 Å². The average Bonchev–Trinajstić information content (AvgIpc) is 3.39. The molecule has 0 rings (SSSR count). The maximum Gasteiger partial charge on any atom is 0.306 e. The summed E-state index contributed by atoms with van der Waals surface area (Å²) in [5.74, 6) is -0.899. The zero-order valence-corrected chi connectivity index (χ0v) is 47.9. The molecule has 0 amide bonds. The molecular formula is C67H114O6. The zero-order valence-electron chi connectivity index (χ0n) is 47.9. The molecule has 6 nitrogen and oxygen atoms in total. The van der Waals surface area contributed by atoms with Gasteiger partial charge in [0.1, 0.15) is 13.2 Å². The van der Waals surface area contributed by atoms with Crippen LogP contribution in [-0.2, 0) is 28.6 Å². The van der Waals surface area contributed by atoms with Crippen LogP contribution in [-0.4, -0.2) is 37.2 Å². The predicted molar refractivity (Wildman–Crippen MR) is 316 cm³/mol. The molecule has 0 heterocycles. The van der Waals surface area contributed by atoms with Crippen molar-refractivity contribution in [3.63, 3.8) is 0 Å². The summed E-state index contributed by atoms with van der Waals surface area (Å²) in [4.78, 5) is 38.0. The molecule has 0 saturated heterocycles. The highest BCUT2D eigenvalue weighted by atomic mass is 16.6. The van der Waals surface area contributed by atoms with Crippen molar-refractivity contribution in [3.05, 3.63) is 97.2 Å². The van der Waals surface area contributed by atoms with E-state index in [1.165, 1.54) is 135 Å². The van der Waals surface area contributed by atoms with Crippen molar-refractivity contribution < 1.29 is 28.6 Å². The van der Waals surface area contributed by atoms with E-state index >= 15 is 0 Å². The number of ether oxygens (including phenoxy) is 3. The Kier molecular flexibility index (Phi) is 57.8. The molecule has 0 radical (unpaired) electrons. The lowest BCUT2D eigenvalue weighted by Crippen LogP contribution is -2.30. The molecule has 0 saturated carbocycles. The normalized spacial score (nSPS) is 12.8. The fourth-order valence-electron chi connectivity index (χ4n) is 8.48. The summed E-state index contributed by atoms with van der Waals surface area (Å²) in [6.45, 7) is 6.47. The van der Waals surface area contributed by atoms with Crippen LogP contribution in [0.3, 0.4) is 0 Å². The third-order valence-corrected chi connectivity index (χ3v) is 13.1. The van der Waals surface area contributed by atoms with Crippen LogP contribution >= 0.6 is 0 Å². The number of hydrogen-bond acceptors (Lipinski definition) is 6. The smallest absolute Gasteiger partial charge is 0.306 e. The van der Waals surface area contributed by atoms with Gasteiger partial charge in [0.2, 0.25) is 0 Å². The highest BCUT2D eigenvalue weighted by Crippen LogP contribution is 2.15. The first-order chi connectivity index (χ1) is 36.0. The van der Waals surface area contributed by atoms with Gasteiger partial charge in [-0.3, -0.25) is 14.4 Å². The van der Waals surface area contributed by atoms with Crippen molar-refractivity contribution in [2.45, 2.75) is 297 Å². The number of unbranched alkanes of at least 4 members (excludes halogenated alkanes) is 28. The average molecular weight is 1020 g/mol. The fraction of sp³-hybridized carbons (Fsp3) is 0.716. The molecular weight excluding hydrogens is 901 g/mol. The second kappa shape index (κ2) is 60.9. The first kappa shape index (κ1) is 69.3. The lowest BCUT2D eigenvalue weighted by molar-refractivity contribution is -0.167. The van der Waals surface area contributed by atoms with Gasteiger partial charge in [-0.05, 0) is 103 Å². The summed E-state index contributed by atoms with van der Waals surface area (Å²) in [6, 6.07) is 0. The van der Waals surface area contributed by atoms with Crippen molar-refractivity contribution in [1.29, 1.82) is 0 Å². The molecule has 0 aromatic heterocycles. The number of esters is 3. The lowest BCUT2D eigenvalue weighted by Gasteiger charge is -2.18. The minimum Gasteiger partial charge on any atom is -0.462 e. The van der Waals surface area contributed by atoms with E-state index in [1.807, 2.05) is 0 Å². The minimum atomic E-state index is -0.784. The van der Waals surface area contributed by atoms with Crippen molar-refractivity contribution >= 4 is 17.9 Å². The molecule has 0 N–H and O–H groups in total. The third kappa shape index (κ3) is 59.1. The van der Waals surface area contributed by atoms with Gasteiger partial charge in [0, 0.05) is 19.3 Å². The summed E-state index contributed by atoms with van der Waals surface area (Å²) in [5, 5.41) is 0. The van der Waals surface area contributed by atoms with Gasteiger partial charge in [0.15, 0.2) is 6.10 Å². The van der Waals surface area contributed by atoms with E-state index in [0.29, 0.717) is 19.3 Å². The van der Waals surface area contributed by atoms with Crippen molar-refractivity contribution in [3.8, 4) is 0 Å². The largest absolute Gasteiger partial charge is 0.462 e. The van der Waals surface area contributed by atoms with Crippen LogP contribution in [0.4, 0.5) is 0 Å². The van der Waals surface area contributed by atoms with Gasteiger partial charge in [-0.2, -0.15) is 0 Å². The Morgan fingerprint density at radius 1 is 0.288 bits per heavy atom. The third-order valence-electron chi connectivity index (χ3n) is 13.1. The Hall–Kier alpha value is -3.67. The van der Waals surface area contributed by atoms with Crippen LogP contribution in [0.5, 0.6) is 0 Å². The standard InChI is InChI=1S/C67H114O6/c1-4-7-10-13-16-18-20-22-24-26-28-30-31-32-33-34-35-37-38-40-42-44-46-48-51-54-57-60-66(69)72-63-64(62-71-65(68)59-56-53-50-15-12-9-6-3)73-67(70)61-58-55-52-49-47-45-43-41-39-36-29-27-25-23-21-19-17-14-11-8-5-2/h7,10,16,18,21-24,27-30,32-33,39,41,64H,4-6,8-9,11-15,17,19-20,25-26,31,34-38,40,42-63H2,1-3H3/b10-7-,18-16-,23-21-,24-22-,29-27-,30-28-,33-32-,41-39-. The monoisotopic (exact) mass is 1010 g/mol. The topological polar surface area (TPSA) is 78.9 Å². The number of carbonyl (C=O) groups is 3. The second-order valence-electron chi connectivity index (χ2n) is 20.2. The molecule has 418 valence electrons. The van der Waals surface area contributed by atoms with Crippen molar-refractivity contribution in [1.82, 2.24) is 0 Å². The Balaban J connectivity index is 4.18. The van der Waals surface area contributed by atoms with Gasteiger partial charge in [0.05, 0.1) is 0 Å². The molecule has 0 aliphatic rings. The highest BCUT2D eigenvalue weighted by molar-refractivity contribution is 5.71. The number of carbonyl (C=O) groups excluding carboxylic acids is 3. The van der Waals surface area contributed by atoms with E-state index in [1.54, 1.807) is 0 Å². The molecule has 0 spiro atoms. The van der Waals surface area contributed by atoms with Gasteiger partial charge < -0.3 is 14.2 Å². The molecule has 0 bridgehead atoms. The summed E-state index contributed by atoms with van der Waals surface area (Å²) in [6.07, 6.45) is 81.4. The van der Waals surface area contributed by atoms with E-state index < -0.39 is 6.10 Å². The second-order valence-corrected chi connectivity index (χ2v) is 20.2. The summed E-state index contributed by atoms with van der Waals surface area (Å²) in [7, 11) is 0. The maximum atomic E-state index is 12.8. The van der Waals surface area contributed by atoms with E-state index in [2.05, 4.69) is 118 Å². The zero-order chi connectivity index (χ0) is 52.9. The molecule has 73 heavy (non-hydrogen) atoms. The van der Waals surface area contributed by atoms with Crippen LogP contribution in [0.2, 0.25) is 0 Å². The molecule has 0 aromatic carbocycles. The van der Waals surface area contributed by atoms with E-state index in [0.717, 1.165) is 116 Å². The number of hydrogen-bond donors (Lipinski definition) is 0. The first-order valence-corrected chi connectivity index (χ1v) is 30.7. The summed E-state index contributed by atoms with van der Waals surface area (Å²) >= 11 is 0. The van der Waals surface area contributed by atoms with Crippen LogP contribution in [0.15, 0.2) is 97.2 Å². The lowest BCUT2D eigenvalue weighted by atomic mass is 10.0. The Morgan fingerprint density at radius 2 is 0.534 bits per heavy atom. The maximum absolute atomic E-state index is 12.8. The highest BCUT2D eigenvalue weighted by Gasteiger charge is 2.19. The van der Waals surface area contributed by atoms with Gasteiger partial charge in [-0.1, -0.05) is 266 Å². The number of allylic oxidation sites excluding steroid dienone is 16. The van der Waals surface area contributed by atoms with Crippen LogP contribution < -0.4 is 0 Å². The summed E-state index contributed by atoms with van der Waals surface area (Å²) < 4.78 is 16.8. The molecule has 0 aliphatic heterocycles. The van der Waals surface area contributed by atoms with E-state index in [9.17, 15) is 14.4 Å². The van der Waals surface area contributed by atoms with Crippen LogP contribution in [0, 0.1) is 0 Å². The number of rotatable bonds is 55. The Labute approximate surface area is 451 Å². The van der Waals surface area contributed by atoms with Crippen LogP contribution in [0.1, 0.15) is 290 Å². The van der Waals surface area contributed by atoms with Crippen molar-refractivity contribution in [2.75, 3.05) is 13.2 Å². The molecule has 0 fully saturated rings. The first-order valence-electron chi connectivity index (χ1n) is 30.7. The molecule has 0 aromatic rings. The molecule has 0 aliphatic carbocycles. The fourth-order valence-corrected chi connectivity index (χ4v) is 8.48.